The van der Waals surface area contributed by atoms with Crippen molar-refractivity contribution in [3.63, 3.8) is 0 Å². The van der Waals surface area contributed by atoms with Crippen molar-refractivity contribution >= 4 is 23.6 Å². The Hall–Kier alpha value is 0.239. The molecule has 0 aromatic heterocycles. The van der Waals surface area contributed by atoms with Crippen LogP contribution in [0.5, 0.6) is 0 Å². The molecule has 3 aliphatic heterocycles. The van der Waals surface area contributed by atoms with Gasteiger partial charge in [-0.25, -0.2) is 0 Å². The van der Waals surface area contributed by atoms with E-state index in [0.717, 1.165) is 18.3 Å². The number of hydrogen-bond acceptors (Lipinski definition) is 0. The van der Waals surface area contributed by atoms with Crippen LogP contribution in [0.3, 0.4) is 0 Å². The smallest absolute Gasteiger partial charge is 0.109 e. The van der Waals surface area contributed by atoms with Gasteiger partial charge in [0, 0.05) is 0 Å². The molecule has 0 atom stereocenters. The molecule has 1 radical (unpaired) electrons. The lowest BCUT2D eigenvalue weighted by Crippen LogP contribution is -2.45. The molecular weight excluding hydrogens is 271 g/mol. The van der Waals surface area contributed by atoms with Gasteiger partial charge in [0.1, 0.15) is 0 Å². The predicted molar refractivity (Wildman–Crippen MR) is 97.0 cm³/mol. The first-order chi connectivity index (χ1) is 9.50. The highest BCUT2D eigenvalue weighted by molar-refractivity contribution is 7.00. The Labute approximate surface area is 129 Å². The van der Waals surface area contributed by atoms with Crippen LogP contribution in [-0.2, 0) is 0 Å². The van der Waals surface area contributed by atoms with Gasteiger partial charge < -0.3 is 0 Å². The van der Waals surface area contributed by atoms with Gasteiger partial charge in [-0.15, -0.1) is 10.3 Å². The highest BCUT2D eigenvalue weighted by Crippen LogP contribution is 2.51. The van der Waals surface area contributed by atoms with Crippen molar-refractivity contribution in [2.75, 3.05) is 0 Å². The second-order valence-electron chi connectivity index (χ2n) is 8.55. The summed E-state index contributed by atoms with van der Waals surface area (Å²) in [5.41, 5.74) is 2.06. The Balaban J connectivity index is 2.01. The van der Waals surface area contributed by atoms with Crippen LogP contribution in [0.2, 0.25) is 43.9 Å². The van der Waals surface area contributed by atoms with Gasteiger partial charge in [0.15, 0.2) is 6.71 Å². The summed E-state index contributed by atoms with van der Waals surface area (Å²) in [5.74, 6) is 2.16. The third-order valence-corrected chi connectivity index (χ3v) is 14.6. The summed E-state index contributed by atoms with van der Waals surface area (Å²) in [4.78, 5) is 2.11. The monoisotopic (exact) mass is 303 g/mol. The zero-order valence-electron chi connectivity index (χ0n) is 14.1. The third kappa shape index (κ3) is 2.65. The van der Waals surface area contributed by atoms with E-state index in [2.05, 4.69) is 36.5 Å². The largest absolute Gasteiger partial charge is 0.175 e. The van der Waals surface area contributed by atoms with Crippen LogP contribution in [0.4, 0.5) is 0 Å². The Bertz CT molecular complexity index is 378. The third-order valence-electron chi connectivity index (χ3n) is 6.46. The molecule has 0 amide bonds. The second-order valence-corrected chi connectivity index (χ2v) is 16.3. The van der Waals surface area contributed by atoms with E-state index in [-0.39, 0.29) is 8.80 Å². The molecule has 2 saturated heterocycles. The molecule has 0 aliphatic carbocycles. The first-order valence-corrected chi connectivity index (χ1v) is 14.8. The van der Waals surface area contributed by atoms with Crippen molar-refractivity contribution in [3.05, 3.63) is 10.3 Å². The first-order valence-electron chi connectivity index (χ1n) is 9.05. The summed E-state index contributed by atoms with van der Waals surface area (Å²) < 4.78 is 0. The average Bonchev–Trinajstić information content (AvgIpc) is 2.35. The van der Waals surface area contributed by atoms with Gasteiger partial charge in [0.25, 0.3) is 0 Å². The van der Waals surface area contributed by atoms with Crippen molar-refractivity contribution in [1.29, 1.82) is 0 Å². The summed E-state index contributed by atoms with van der Waals surface area (Å²) in [6, 6.07) is 1.57. The normalized spacial score (nSPS) is 33.8. The fraction of sp³-hybridized carbons (Fsp3) is 0.882. The second kappa shape index (κ2) is 5.79. The van der Waals surface area contributed by atoms with Gasteiger partial charge in [0.05, 0.1) is 16.9 Å². The van der Waals surface area contributed by atoms with E-state index in [1.54, 1.807) is 31.7 Å². The molecule has 3 heteroatoms. The van der Waals surface area contributed by atoms with Gasteiger partial charge in [-0.3, -0.25) is 0 Å². The number of hydrogen-bond donors (Lipinski definition) is 0. The fourth-order valence-electron chi connectivity index (χ4n) is 5.98. The maximum atomic E-state index is 2.68. The Kier molecular flexibility index (Phi) is 4.39. The van der Waals surface area contributed by atoms with Crippen LogP contribution >= 0.6 is 0 Å². The van der Waals surface area contributed by atoms with Crippen molar-refractivity contribution in [3.8, 4) is 0 Å². The summed E-state index contributed by atoms with van der Waals surface area (Å²) in [6.07, 6.45) is 12.3. The lowest BCUT2D eigenvalue weighted by Gasteiger charge is -2.46. The topological polar surface area (TPSA) is 0 Å². The molecular formula is C17H32BSi2. The van der Waals surface area contributed by atoms with Gasteiger partial charge in [-0.2, -0.15) is 0 Å². The van der Waals surface area contributed by atoms with Crippen molar-refractivity contribution in [1.82, 2.24) is 0 Å². The molecule has 0 saturated carbocycles. The van der Waals surface area contributed by atoms with Crippen molar-refractivity contribution in [2.24, 2.45) is 0 Å². The quantitative estimate of drug-likeness (QED) is 0.569. The van der Waals surface area contributed by atoms with Crippen LogP contribution in [0.15, 0.2) is 10.3 Å². The molecule has 111 valence electrons. The van der Waals surface area contributed by atoms with Gasteiger partial charge in [-0.05, 0) is 6.42 Å². The zero-order valence-corrected chi connectivity index (χ0v) is 16.1. The molecule has 3 aliphatic rings. The minimum absolute atomic E-state index is 0.227. The maximum Gasteiger partial charge on any atom is 0.175 e. The highest BCUT2D eigenvalue weighted by Gasteiger charge is 2.45. The molecule has 3 rings (SSSR count). The van der Waals surface area contributed by atoms with Crippen LogP contribution in [0.25, 0.3) is 0 Å². The Morgan fingerprint density at radius 3 is 2.00 bits per heavy atom. The summed E-state index contributed by atoms with van der Waals surface area (Å²) in [7, 11) is -1.28. The minimum Gasteiger partial charge on any atom is -0.109 e. The zero-order chi connectivity index (χ0) is 14.3. The standard InChI is InChI=1S/C17H32BSi2/c1-19(2)17-16(12-7-13-20(17,3)4)18-14-8-5-9-15(18)11-6-10-14/h14-15H,5-13H2,1-4H3. The Morgan fingerprint density at radius 1 is 0.950 bits per heavy atom. The van der Waals surface area contributed by atoms with E-state index in [4.69, 9.17) is 0 Å². The summed E-state index contributed by atoms with van der Waals surface area (Å²) in [5, 5.41) is 0. The van der Waals surface area contributed by atoms with E-state index < -0.39 is 8.07 Å². The molecule has 3 heterocycles. The van der Waals surface area contributed by atoms with Crippen LogP contribution in [-0.4, -0.2) is 23.6 Å². The number of rotatable bonds is 2. The molecule has 0 nitrogen and oxygen atoms in total. The fourth-order valence-corrected chi connectivity index (χ4v) is 15.2. The van der Waals surface area contributed by atoms with Gasteiger partial charge in [-0.1, -0.05) is 88.8 Å². The first kappa shape index (κ1) is 15.1. The maximum absolute atomic E-state index is 2.68. The van der Waals surface area contributed by atoms with E-state index in [1.807, 2.05) is 0 Å². The average molecular weight is 303 g/mol. The molecule has 0 unspecified atom stereocenters. The minimum atomic E-state index is -1.05. The number of fused-ring (bicyclic) bond motifs is 2. The van der Waals surface area contributed by atoms with E-state index in [1.165, 1.54) is 25.7 Å². The lowest BCUT2D eigenvalue weighted by molar-refractivity contribution is 0.444. The number of allylic oxidation sites excluding steroid dienone is 1. The van der Waals surface area contributed by atoms with E-state index >= 15 is 0 Å². The molecule has 2 fully saturated rings. The molecule has 0 aromatic rings. The van der Waals surface area contributed by atoms with Crippen LogP contribution < -0.4 is 0 Å². The van der Waals surface area contributed by atoms with Gasteiger partial charge in [0.2, 0.25) is 0 Å². The predicted octanol–water partition coefficient (Wildman–Crippen LogP) is 5.76. The van der Waals surface area contributed by atoms with Crippen molar-refractivity contribution < 1.29 is 0 Å². The van der Waals surface area contributed by atoms with Crippen LogP contribution in [0.1, 0.15) is 51.4 Å². The SMILES string of the molecule is C[Si](C)C1=C(B2C3CCCC2CCC3)CCC[Si]1(C)C. The molecule has 20 heavy (non-hydrogen) atoms. The van der Waals surface area contributed by atoms with Crippen LogP contribution in [0, 0.1) is 0 Å². The van der Waals surface area contributed by atoms with E-state index in [0.29, 0.717) is 0 Å². The Morgan fingerprint density at radius 2 is 1.50 bits per heavy atom. The van der Waals surface area contributed by atoms with Crippen molar-refractivity contribution in [2.45, 2.75) is 95.2 Å². The molecule has 0 aromatic carbocycles. The van der Waals surface area contributed by atoms with E-state index in [9.17, 15) is 0 Å². The highest BCUT2D eigenvalue weighted by atomic mass is 28.4. The molecule has 0 N–H and O–H groups in total. The summed E-state index contributed by atoms with van der Waals surface area (Å²) in [6.45, 7) is 11.6. The summed E-state index contributed by atoms with van der Waals surface area (Å²) >= 11 is 0. The van der Waals surface area contributed by atoms with Gasteiger partial charge >= 0.3 is 0 Å². The molecule has 2 bridgehead atoms. The lowest BCUT2D eigenvalue weighted by atomic mass is 9.24. The molecule has 0 spiro atoms.